The van der Waals surface area contributed by atoms with E-state index in [-0.39, 0.29) is 17.4 Å². The summed E-state index contributed by atoms with van der Waals surface area (Å²) in [5.41, 5.74) is 2.45. The van der Waals surface area contributed by atoms with Crippen LogP contribution in [-0.2, 0) is 6.42 Å². The van der Waals surface area contributed by atoms with Gasteiger partial charge in [0.15, 0.2) is 0 Å². The summed E-state index contributed by atoms with van der Waals surface area (Å²) in [6, 6.07) is 8.22. The molecule has 2 atom stereocenters. The maximum atomic E-state index is 10.4. The molecule has 18 heavy (non-hydrogen) atoms. The summed E-state index contributed by atoms with van der Waals surface area (Å²) >= 11 is 0. The molecule has 1 aromatic carbocycles. The van der Waals surface area contributed by atoms with Crippen LogP contribution in [0.1, 0.15) is 50.8 Å². The molecular formula is C17H22O. The van der Waals surface area contributed by atoms with Crippen LogP contribution in [0.3, 0.4) is 0 Å². The highest BCUT2D eigenvalue weighted by molar-refractivity contribution is 5.32. The molecule has 2 rings (SSSR count). The molecule has 0 amide bonds. The first kappa shape index (κ1) is 13.2. The number of rotatable bonds is 1. The van der Waals surface area contributed by atoms with Gasteiger partial charge in [0.25, 0.3) is 0 Å². The molecule has 0 bridgehead atoms. The van der Waals surface area contributed by atoms with Gasteiger partial charge in [0, 0.05) is 17.8 Å². The van der Waals surface area contributed by atoms with E-state index in [1.165, 1.54) is 5.56 Å². The van der Waals surface area contributed by atoms with Crippen molar-refractivity contribution in [2.45, 2.75) is 46.1 Å². The molecule has 0 spiro atoms. The van der Waals surface area contributed by atoms with Crippen LogP contribution in [0.5, 0.6) is 0 Å². The first-order chi connectivity index (χ1) is 8.47. The smallest absolute Gasteiger partial charge is 0.0830 e. The number of aliphatic hydroxyl groups excluding tert-OH is 1. The minimum Gasteiger partial charge on any atom is -0.388 e. The van der Waals surface area contributed by atoms with Crippen molar-refractivity contribution in [1.29, 1.82) is 0 Å². The monoisotopic (exact) mass is 242 g/mol. The Balaban J connectivity index is 2.07. The largest absolute Gasteiger partial charge is 0.388 e. The molecule has 0 radical (unpaired) electrons. The van der Waals surface area contributed by atoms with Crippen LogP contribution in [0.4, 0.5) is 0 Å². The molecule has 0 aromatic heterocycles. The Bertz CT molecular complexity index is 470. The second-order valence-electron chi connectivity index (χ2n) is 6.20. The van der Waals surface area contributed by atoms with Gasteiger partial charge >= 0.3 is 0 Å². The average molecular weight is 242 g/mol. The predicted molar refractivity (Wildman–Crippen MR) is 75.1 cm³/mol. The lowest BCUT2D eigenvalue weighted by molar-refractivity contribution is 0.0963. The lowest BCUT2D eigenvalue weighted by Crippen LogP contribution is -2.20. The van der Waals surface area contributed by atoms with E-state index in [0.29, 0.717) is 0 Å². The number of aryl methyl sites for hydroxylation is 1. The third-order valence-electron chi connectivity index (χ3n) is 3.43. The molecule has 0 heterocycles. The van der Waals surface area contributed by atoms with E-state index in [1.807, 2.05) is 18.2 Å². The van der Waals surface area contributed by atoms with Crippen molar-refractivity contribution in [3.05, 3.63) is 35.4 Å². The zero-order chi connectivity index (χ0) is 13.2. The lowest BCUT2D eigenvalue weighted by Gasteiger charge is -2.28. The standard InChI is InChI=1S/C17H22O/c1-17(2,3)12-6-8-14-11-10-13-7-4-5-9-15(13)16(14)18/h4-5,7,9,14,16,18H,8,10-11H2,1-3H3. The Morgan fingerprint density at radius 1 is 1.28 bits per heavy atom. The van der Waals surface area contributed by atoms with Gasteiger partial charge < -0.3 is 5.11 Å². The second-order valence-corrected chi connectivity index (χ2v) is 6.20. The first-order valence-corrected chi connectivity index (χ1v) is 6.73. The summed E-state index contributed by atoms with van der Waals surface area (Å²) in [5.74, 6) is 6.79. The van der Waals surface area contributed by atoms with Crippen molar-refractivity contribution in [2.24, 2.45) is 11.3 Å². The topological polar surface area (TPSA) is 20.2 Å². The van der Waals surface area contributed by atoms with E-state index < -0.39 is 0 Å². The third kappa shape index (κ3) is 3.15. The molecule has 1 nitrogen and oxygen atoms in total. The van der Waals surface area contributed by atoms with Crippen LogP contribution in [0.2, 0.25) is 0 Å². The van der Waals surface area contributed by atoms with Crippen LogP contribution >= 0.6 is 0 Å². The molecule has 1 heteroatoms. The molecule has 96 valence electrons. The third-order valence-corrected chi connectivity index (χ3v) is 3.43. The number of hydrogen-bond acceptors (Lipinski definition) is 1. The average Bonchev–Trinajstić information content (AvgIpc) is 2.31. The maximum absolute atomic E-state index is 10.4. The molecule has 0 saturated heterocycles. The van der Waals surface area contributed by atoms with Crippen molar-refractivity contribution < 1.29 is 5.11 Å². The Morgan fingerprint density at radius 2 is 2.00 bits per heavy atom. The van der Waals surface area contributed by atoms with Crippen molar-refractivity contribution in [2.75, 3.05) is 0 Å². The summed E-state index contributed by atoms with van der Waals surface area (Å²) in [4.78, 5) is 0. The summed E-state index contributed by atoms with van der Waals surface area (Å²) in [6.45, 7) is 6.35. The van der Waals surface area contributed by atoms with E-state index in [9.17, 15) is 5.11 Å². The van der Waals surface area contributed by atoms with Crippen molar-refractivity contribution >= 4 is 0 Å². The zero-order valence-electron chi connectivity index (χ0n) is 11.5. The summed E-state index contributed by atoms with van der Waals surface area (Å²) in [5, 5.41) is 10.4. The van der Waals surface area contributed by atoms with E-state index in [2.05, 4.69) is 38.7 Å². The number of hydrogen-bond donors (Lipinski definition) is 1. The second kappa shape index (κ2) is 5.16. The fourth-order valence-electron chi connectivity index (χ4n) is 2.46. The molecule has 0 saturated carbocycles. The van der Waals surface area contributed by atoms with Crippen molar-refractivity contribution in [3.63, 3.8) is 0 Å². The fourth-order valence-corrected chi connectivity index (χ4v) is 2.46. The Labute approximate surface area is 110 Å². The minimum atomic E-state index is -0.343. The van der Waals surface area contributed by atoms with Gasteiger partial charge in [0.05, 0.1) is 6.10 Å². The van der Waals surface area contributed by atoms with Gasteiger partial charge in [-0.2, -0.15) is 0 Å². The number of fused-ring (bicyclic) bond motifs is 1. The molecule has 0 aliphatic heterocycles. The minimum absolute atomic E-state index is 0.0531. The fraction of sp³-hybridized carbons (Fsp3) is 0.529. The van der Waals surface area contributed by atoms with Crippen LogP contribution in [0, 0.1) is 23.2 Å². The Kier molecular flexibility index (Phi) is 3.78. The number of benzene rings is 1. The summed E-state index contributed by atoms with van der Waals surface area (Å²) in [6.07, 6.45) is 2.56. The SMILES string of the molecule is CC(C)(C)C#CCC1CCc2ccccc2C1O. The molecule has 1 aliphatic rings. The van der Waals surface area contributed by atoms with Gasteiger partial charge in [-0.15, -0.1) is 5.92 Å². The molecule has 1 N–H and O–H groups in total. The highest BCUT2D eigenvalue weighted by Crippen LogP contribution is 2.35. The van der Waals surface area contributed by atoms with Gasteiger partial charge in [-0.3, -0.25) is 0 Å². The first-order valence-electron chi connectivity index (χ1n) is 6.73. The highest BCUT2D eigenvalue weighted by Gasteiger charge is 2.26. The van der Waals surface area contributed by atoms with Crippen molar-refractivity contribution in [1.82, 2.24) is 0 Å². The van der Waals surface area contributed by atoms with E-state index in [1.54, 1.807) is 0 Å². The van der Waals surface area contributed by atoms with Gasteiger partial charge in [-0.1, -0.05) is 30.2 Å². The lowest BCUT2D eigenvalue weighted by atomic mass is 9.80. The van der Waals surface area contributed by atoms with Gasteiger partial charge in [-0.05, 0) is 44.7 Å². The molecule has 1 aliphatic carbocycles. The van der Waals surface area contributed by atoms with E-state index in [0.717, 1.165) is 24.8 Å². The van der Waals surface area contributed by atoms with Gasteiger partial charge in [0.2, 0.25) is 0 Å². The van der Waals surface area contributed by atoms with E-state index >= 15 is 0 Å². The zero-order valence-corrected chi connectivity index (χ0v) is 11.5. The van der Waals surface area contributed by atoms with E-state index in [4.69, 9.17) is 0 Å². The highest BCUT2D eigenvalue weighted by atomic mass is 16.3. The quantitative estimate of drug-likeness (QED) is 0.744. The summed E-state index contributed by atoms with van der Waals surface area (Å²) < 4.78 is 0. The van der Waals surface area contributed by atoms with Crippen molar-refractivity contribution in [3.8, 4) is 11.8 Å². The molecule has 2 unspecified atom stereocenters. The van der Waals surface area contributed by atoms with Gasteiger partial charge in [0.1, 0.15) is 0 Å². The Hall–Kier alpha value is -1.26. The summed E-state index contributed by atoms with van der Waals surface area (Å²) in [7, 11) is 0. The van der Waals surface area contributed by atoms with Crippen LogP contribution in [0.25, 0.3) is 0 Å². The normalized spacial score (nSPS) is 22.9. The molecule has 0 fully saturated rings. The Morgan fingerprint density at radius 3 is 2.72 bits per heavy atom. The maximum Gasteiger partial charge on any atom is 0.0830 e. The van der Waals surface area contributed by atoms with Crippen LogP contribution < -0.4 is 0 Å². The van der Waals surface area contributed by atoms with Crippen LogP contribution in [-0.4, -0.2) is 5.11 Å². The van der Waals surface area contributed by atoms with Crippen LogP contribution in [0.15, 0.2) is 24.3 Å². The molecule has 1 aromatic rings. The van der Waals surface area contributed by atoms with Gasteiger partial charge in [-0.25, -0.2) is 0 Å². The molecular weight excluding hydrogens is 220 g/mol. The number of aliphatic hydroxyl groups is 1. The predicted octanol–water partition coefficient (Wildman–Crippen LogP) is 3.72.